The number of sulfonamides is 1. The SMILES string of the molecule is CC[C@H](C(=O)C(Cl)(Cl)Cl)[C@H](NS(=O)(=O)c1cccs1)c1ccccc1. The van der Waals surface area contributed by atoms with Gasteiger partial charge in [-0.2, -0.15) is 0 Å². The van der Waals surface area contributed by atoms with Crippen LogP contribution in [0.1, 0.15) is 24.9 Å². The Labute approximate surface area is 166 Å². The summed E-state index contributed by atoms with van der Waals surface area (Å²) in [5.41, 5.74) is 0.622. The number of hydrogen-bond donors (Lipinski definition) is 1. The maximum absolute atomic E-state index is 12.7. The highest BCUT2D eigenvalue weighted by molar-refractivity contribution is 7.91. The average Bonchev–Trinajstić information content (AvgIpc) is 3.10. The Morgan fingerprint density at radius 2 is 1.80 bits per heavy atom. The number of benzene rings is 1. The number of thiophene rings is 1. The summed E-state index contributed by atoms with van der Waals surface area (Å²) in [5.74, 6) is -1.48. The van der Waals surface area contributed by atoms with Gasteiger partial charge >= 0.3 is 0 Å². The van der Waals surface area contributed by atoms with E-state index in [0.717, 1.165) is 11.3 Å². The van der Waals surface area contributed by atoms with Gasteiger partial charge in [-0.15, -0.1) is 11.3 Å². The minimum atomic E-state index is -3.81. The molecule has 0 aliphatic heterocycles. The van der Waals surface area contributed by atoms with E-state index in [2.05, 4.69) is 4.72 Å². The predicted molar refractivity (Wildman–Crippen MR) is 103 cm³/mol. The van der Waals surface area contributed by atoms with Crippen molar-refractivity contribution in [1.82, 2.24) is 4.72 Å². The Bertz CT molecular complexity index is 803. The molecular weight excluding hydrogens is 425 g/mol. The van der Waals surface area contributed by atoms with Crippen LogP contribution >= 0.6 is 46.1 Å². The number of ketones is 1. The molecule has 136 valence electrons. The molecule has 0 saturated heterocycles. The number of nitrogens with one attached hydrogen (secondary N) is 1. The van der Waals surface area contributed by atoms with E-state index in [0.29, 0.717) is 12.0 Å². The Morgan fingerprint density at radius 3 is 2.28 bits per heavy atom. The third kappa shape index (κ3) is 5.18. The molecule has 2 atom stereocenters. The molecule has 1 aromatic carbocycles. The largest absolute Gasteiger partial charge is 0.294 e. The van der Waals surface area contributed by atoms with Crippen LogP contribution in [0.4, 0.5) is 0 Å². The van der Waals surface area contributed by atoms with E-state index in [1.54, 1.807) is 48.7 Å². The van der Waals surface area contributed by atoms with E-state index in [9.17, 15) is 13.2 Å². The van der Waals surface area contributed by atoms with Crippen LogP contribution in [0.15, 0.2) is 52.1 Å². The van der Waals surface area contributed by atoms with Crippen molar-refractivity contribution in [1.29, 1.82) is 0 Å². The third-order valence-electron chi connectivity index (χ3n) is 3.66. The molecule has 0 aliphatic carbocycles. The van der Waals surface area contributed by atoms with Crippen LogP contribution in [0.25, 0.3) is 0 Å². The number of hydrogen-bond acceptors (Lipinski definition) is 4. The normalized spacial score (nSPS) is 14.9. The van der Waals surface area contributed by atoms with Crippen LogP contribution in [0.3, 0.4) is 0 Å². The van der Waals surface area contributed by atoms with Gasteiger partial charge in [-0.05, 0) is 23.4 Å². The average molecular weight is 441 g/mol. The Balaban J connectivity index is 2.45. The molecule has 2 aromatic rings. The second kappa shape index (κ2) is 8.37. The molecule has 1 N–H and O–H groups in total. The summed E-state index contributed by atoms with van der Waals surface area (Å²) in [7, 11) is -3.81. The van der Waals surface area contributed by atoms with E-state index >= 15 is 0 Å². The highest BCUT2D eigenvalue weighted by Gasteiger charge is 2.41. The first-order valence-corrected chi connectivity index (χ1v) is 10.9. The Kier molecular flexibility index (Phi) is 6.93. The zero-order valence-corrected chi connectivity index (χ0v) is 17.1. The standard InChI is InChI=1S/C16H16Cl3NO3S2/c1-2-12(15(21)16(17,18)19)14(11-7-4-3-5-8-11)20-25(22,23)13-9-6-10-24-13/h3-10,12,14,20H,2H2,1H3/t12-,14+/m0/s1. The topological polar surface area (TPSA) is 63.2 Å². The van der Waals surface area contributed by atoms with Crippen molar-refractivity contribution in [2.24, 2.45) is 5.92 Å². The van der Waals surface area contributed by atoms with Gasteiger partial charge in [0, 0.05) is 5.92 Å². The molecule has 0 unspecified atom stereocenters. The van der Waals surface area contributed by atoms with Crippen LogP contribution in [0.2, 0.25) is 0 Å². The van der Waals surface area contributed by atoms with Gasteiger partial charge < -0.3 is 0 Å². The number of Topliss-reactive ketones (excluding diaryl/α,β-unsaturated/α-hetero) is 1. The molecule has 2 rings (SSSR count). The second-order valence-electron chi connectivity index (χ2n) is 5.32. The molecule has 1 aromatic heterocycles. The summed E-state index contributed by atoms with van der Waals surface area (Å²) in [6.07, 6.45) is 0.305. The lowest BCUT2D eigenvalue weighted by molar-refractivity contribution is -0.122. The Hall–Kier alpha value is -0.630. The molecule has 0 saturated carbocycles. The van der Waals surface area contributed by atoms with Crippen molar-refractivity contribution in [2.75, 3.05) is 0 Å². The summed E-state index contributed by atoms with van der Waals surface area (Å²) in [6.45, 7) is 1.74. The van der Waals surface area contributed by atoms with Gasteiger partial charge in [0.2, 0.25) is 3.79 Å². The van der Waals surface area contributed by atoms with Crippen molar-refractivity contribution < 1.29 is 13.2 Å². The van der Waals surface area contributed by atoms with Gasteiger partial charge in [0.05, 0.1) is 6.04 Å². The third-order valence-corrected chi connectivity index (χ3v) is 7.06. The van der Waals surface area contributed by atoms with E-state index < -0.39 is 31.6 Å². The molecular formula is C16H16Cl3NO3S2. The van der Waals surface area contributed by atoms with Gasteiger partial charge in [-0.25, -0.2) is 13.1 Å². The molecule has 4 nitrogen and oxygen atoms in total. The number of rotatable bonds is 7. The zero-order valence-electron chi connectivity index (χ0n) is 13.2. The maximum Gasteiger partial charge on any atom is 0.250 e. The monoisotopic (exact) mass is 439 g/mol. The lowest BCUT2D eigenvalue weighted by atomic mass is 9.88. The summed E-state index contributed by atoms with van der Waals surface area (Å²) in [4.78, 5) is 12.6. The van der Waals surface area contributed by atoms with Crippen molar-refractivity contribution in [3.63, 3.8) is 0 Å². The molecule has 0 bridgehead atoms. The van der Waals surface area contributed by atoms with Crippen LogP contribution < -0.4 is 4.72 Å². The quantitative estimate of drug-likeness (QED) is 0.633. The number of halogens is 3. The van der Waals surface area contributed by atoms with Crippen molar-refractivity contribution in [3.8, 4) is 0 Å². The molecule has 0 spiro atoms. The first kappa shape index (κ1) is 20.7. The molecule has 0 radical (unpaired) electrons. The van der Waals surface area contributed by atoms with Crippen LogP contribution in [0, 0.1) is 5.92 Å². The minimum absolute atomic E-state index is 0.157. The number of carbonyl (C=O) groups excluding carboxylic acids is 1. The molecule has 0 amide bonds. The Morgan fingerprint density at radius 1 is 1.16 bits per heavy atom. The molecule has 25 heavy (non-hydrogen) atoms. The van der Waals surface area contributed by atoms with Crippen molar-refractivity contribution in [3.05, 3.63) is 53.4 Å². The predicted octanol–water partition coefficient (Wildman–Crippen LogP) is 4.73. The number of carbonyl (C=O) groups is 1. The van der Waals surface area contributed by atoms with E-state index in [4.69, 9.17) is 34.8 Å². The maximum atomic E-state index is 12.7. The summed E-state index contributed by atoms with van der Waals surface area (Å²) >= 11 is 18.4. The summed E-state index contributed by atoms with van der Waals surface area (Å²) < 4.78 is 26.0. The fourth-order valence-electron chi connectivity index (χ4n) is 2.47. The molecule has 1 heterocycles. The van der Waals surface area contributed by atoms with Gasteiger partial charge in [-0.3, -0.25) is 4.79 Å². The highest BCUT2D eigenvalue weighted by atomic mass is 35.6. The van der Waals surface area contributed by atoms with E-state index in [1.807, 2.05) is 0 Å². The first-order valence-electron chi connectivity index (χ1n) is 7.38. The van der Waals surface area contributed by atoms with Crippen molar-refractivity contribution in [2.45, 2.75) is 27.4 Å². The number of alkyl halides is 3. The van der Waals surface area contributed by atoms with Crippen molar-refractivity contribution >= 4 is 61.9 Å². The highest BCUT2D eigenvalue weighted by Crippen LogP contribution is 2.37. The van der Waals surface area contributed by atoms with Crippen LogP contribution in [0.5, 0.6) is 0 Å². The lowest BCUT2D eigenvalue weighted by Crippen LogP contribution is -2.40. The summed E-state index contributed by atoms with van der Waals surface area (Å²) in [5, 5.41) is 1.66. The molecule has 0 aliphatic rings. The second-order valence-corrected chi connectivity index (χ2v) is 10.5. The van der Waals surface area contributed by atoms with Crippen LogP contribution in [-0.4, -0.2) is 18.0 Å². The zero-order chi connectivity index (χ0) is 18.7. The minimum Gasteiger partial charge on any atom is -0.294 e. The van der Waals surface area contributed by atoms with Gasteiger partial charge in [0.1, 0.15) is 4.21 Å². The fourth-order valence-corrected chi connectivity index (χ4v) is 5.16. The molecule has 9 heteroatoms. The summed E-state index contributed by atoms with van der Waals surface area (Å²) in [6, 6.07) is 11.1. The van der Waals surface area contributed by atoms with E-state index in [1.165, 1.54) is 6.07 Å². The van der Waals surface area contributed by atoms with Gasteiger partial charge in [0.25, 0.3) is 10.0 Å². The lowest BCUT2D eigenvalue weighted by Gasteiger charge is -2.28. The fraction of sp³-hybridized carbons (Fsp3) is 0.312. The molecule has 0 fully saturated rings. The first-order chi connectivity index (χ1) is 11.7. The van der Waals surface area contributed by atoms with E-state index in [-0.39, 0.29) is 4.21 Å². The van der Waals surface area contributed by atoms with Gasteiger partial charge in [-0.1, -0.05) is 78.1 Å². The van der Waals surface area contributed by atoms with Crippen LogP contribution in [-0.2, 0) is 14.8 Å². The smallest absolute Gasteiger partial charge is 0.250 e. The van der Waals surface area contributed by atoms with Gasteiger partial charge in [0.15, 0.2) is 5.78 Å².